The summed E-state index contributed by atoms with van der Waals surface area (Å²) in [6.45, 7) is 6.93. The molecule has 0 spiro atoms. The second kappa shape index (κ2) is 11.2. The van der Waals surface area contributed by atoms with E-state index >= 15 is 0 Å². The van der Waals surface area contributed by atoms with E-state index in [0.717, 1.165) is 28.4 Å². The van der Waals surface area contributed by atoms with Gasteiger partial charge in [0.05, 0.1) is 4.90 Å². The number of aromatic nitrogens is 1. The van der Waals surface area contributed by atoms with E-state index in [1.807, 2.05) is 45.0 Å². The number of rotatable bonds is 7. The molecular weight excluding hydrogens is 528 g/mol. The summed E-state index contributed by atoms with van der Waals surface area (Å²) in [6, 6.07) is 14.5. The molecule has 0 radical (unpaired) electrons. The van der Waals surface area contributed by atoms with Crippen molar-refractivity contribution in [1.82, 2.24) is 14.6 Å². The molecule has 2 heterocycles. The van der Waals surface area contributed by atoms with Crippen LogP contribution in [0.15, 0.2) is 65.8 Å². The number of hydrogen-bond donors (Lipinski definition) is 2. The van der Waals surface area contributed by atoms with Gasteiger partial charge in [0.2, 0.25) is 15.9 Å². The number of amides is 2. The van der Waals surface area contributed by atoms with Gasteiger partial charge in [0, 0.05) is 49.0 Å². The smallest absolute Gasteiger partial charge is 0.410 e. The summed E-state index contributed by atoms with van der Waals surface area (Å²) in [4.78, 5) is 31.1. The van der Waals surface area contributed by atoms with Gasteiger partial charge in [-0.05, 0) is 93.2 Å². The molecule has 2 atom stereocenters. The van der Waals surface area contributed by atoms with Gasteiger partial charge < -0.3 is 15.0 Å². The van der Waals surface area contributed by atoms with Gasteiger partial charge in [-0.2, -0.15) is 0 Å². The standard InChI is InChI=1S/C30H36N4O5S/c1-30(2,3)39-29(36)34-14-11-20(12-15-34)18-32-40(37,38)25-8-5-21(6-9-25)26-17-27(26)28(35)33-24-7-4-23-19-31-13-10-22(23)16-24/h4-10,13,16,19-20,26-27,32H,11-12,14-15,17-18H2,1-3H3,(H,33,35)/t26-,27+/m0/s1. The second-order valence-electron chi connectivity index (χ2n) is 11.7. The van der Waals surface area contributed by atoms with Gasteiger partial charge in [0.1, 0.15) is 5.60 Å². The molecule has 10 heteroatoms. The number of nitrogens with one attached hydrogen (secondary N) is 2. The largest absolute Gasteiger partial charge is 0.444 e. The van der Waals surface area contributed by atoms with Crippen molar-refractivity contribution in [1.29, 1.82) is 0 Å². The number of benzene rings is 2. The highest BCUT2D eigenvalue weighted by Gasteiger charge is 2.44. The van der Waals surface area contributed by atoms with Gasteiger partial charge in [-0.1, -0.05) is 18.2 Å². The van der Waals surface area contributed by atoms with Crippen LogP contribution in [0.25, 0.3) is 10.8 Å². The van der Waals surface area contributed by atoms with Crippen molar-refractivity contribution in [3.05, 3.63) is 66.5 Å². The third-order valence-electron chi connectivity index (χ3n) is 7.48. The van der Waals surface area contributed by atoms with Crippen LogP contribution in [0.1, 0.15) is 51.5 Å². The maximum Gasteiger partial charge on any atom is 0.410 e. The fourth-order valence-electron chi connectivity index (χ4n) is 5.10. The molecule has 40 heavy (non-hydrogen) atoms. The molecule has 1 saturated heterocycles. The number of anilines is 1. The van der Waals surface area contributed by atoms with E-state index in [-0.39, 0.29) is 34.6 Å². The highest BCUT2D eigenvalue weighted by atomic mass is 32.2. The predicted octanol–water partition coefficient (Wildman–Crippen LogP) is 4.90. The molecule has 2 aliphatic rings. The summed E-state index contributed by atoms with van der Waals surface area (Å²) in [6.07, 6.45) is 5.34. The van der Waals surface area contributed by atoms with E-state index in [4.69, 9.17) is 4.74 Å². The van der Waals surface area contributed by atoms with Gasteiger partial charge in [-0.15, -0.1) is 0 Å². The van der Waals surface area contributed by atoms with Crippen molar-refractivity contribution >= 4 is 38.5 Å². The summed E-state index contributed by atoms with van der Waals surface area (Å²) < 4.78 is 34.0. The molecule has 9 nitrogen and oxygen atoms in total. The molecule has 2 fully saturated rings. The monoisotopic (exact) mass is 564 g/mol. The van der Waals surface area contributed by atoms with Gasteiger partial charge in [-0.3, -0.25) is 9.78 Å². The number of likely N-dealkylation sites (tertiary alicyclic amines) is 1. The van der Waals surface area contributed by atoms with Crippen LogP contribution >= 0.6 is 0 Å². The molecule has 5 rings (SSSR count). The van der Waals surface area contributed by atoms with Crippen molar-refractivity contribution in [3.8, 4) is 0 Å². The van der Waals surface area contributed by atoms with Crippen LogP contribution in [-0.2, 0) is 19.6 Å². The van der Waals surface area contributed by atoms with E-state index in [9.17, 15) is 18.0 Å². The van der Waals surface area contributed by atoms with Crippen LogP contribution in [0.4, 0.5) is 10.5 Å². The third-order valence-corrected chi connectivity index (χ3v) is 8.92. The van der Waals surface area contributed by atoms with Crippen molar-refractivity contribution in [2.24, 2.45) is 11.8 Å². The second-order valence-corrected chi connectivity index (χ2v) is 13.5. The van der Waals surface area contributed by atoms with E-state index in [1.54, 1.807) is 41.6 Å². The molecule has 0 unspecified atom stereocenters. The zero-order chi connectivity index (χ0) is 28.5. The van der Waals surface area contributed by atoms with Crippen LogP contribution in [-0.4, -0.2) is 55.5 Å². The number of fused-ring (bicyclic) bond motifs is 1. The number of piperidine rings is 1. The Kier molecular flexibility index (Phi) is 7.83. The number of nitrogens with zero attached hydrogens (tertiary/aromatic N) is 2. The lowest BCUT2D eigenvalue weighted by atomic mass is 9.97. The van der Waals surface area contributed by atoms with Crippen LogP contribution in [0.3, 0.4) is 0 Å². The fraction of sp³-hybridized carbons (Fsp3) is 0.433. The number of carbonyl (C=O) groups excluding carboxylic acids is 2. The molecule has 1 aliphatic carbocycles. The highest BCUT2D eigenvalue weighted by Crippen LogP contribution is 2.48. The number of hydrogen-bond acceptors (Lipinski definition) is 6. The van der Waals surface area contributed by atoms with E-state index < -0.39 is 15.6 Å². The van der Waals surface area contributed by atoms with E-state index in [1.165, 1.54) is 0 Å². The molecule has 3 aromatic rings. The Bertz CT molecular complexity index is 1490. The molecule has 1 saturated carbocycles. The first kappa shape index (κ1) is 28.0. The van der Waals surface area contributed by atoms with Crippen LogP contribution in [0, 0.1) is 11.8 Å². The molecule has 2 amide bonds. The average molecular weight is 565 g/mol. The summed E-state index contributed by atoms with van der Waals surface area (Å²) >= 11 is 0. The molecule has 1 aromatic heterocycles. The van der Waals surface area contributed by atoms with Crippen LogP contribution in [0.2, 0.25) is 0 Å². The number of pyridine rings is 1. The Labute approximate surface area is 235 Å². The summed E-state index contributed by atoms with van der Waals surface area (Å²) in [7, 11) is -3.66. The topological polar surface area (TPSA) is 118 Å². The molecule has 212 valence electrons. The maximum absolute atomic E-state index is 12.9. The Morgan fingerprint density at radius 1 is 1.02 bits per heavy atom. The number of carbonyl (C=O) groups is 2. The molecule has 2 N–H and O–H groups in total. The SMILES string of the molecule is CC(C)(C)OC(=O)N1CCC(CNS(=O)(=O)c2ccc([C@@H]3C[C@H]3C(=O)Nc3ccc4cnccc4c3)cc2)CC1. The molecular formula is C30H36N4O5S. The normalized spacial score (nSPS) is 19.8. The van der Waals surface area contributed by atoms with Crippen LogP contribution < -0.4 is 10.0 Å². The van der Waals surface area contributed by atoms with Crippen molar-refractivity contribution < 1.29 is 22.7 Å². The predicted molar refractivity (Wildman–Crippen MR) is 153 cm³/mol. The first-order valence-corrected chi connectivity index (χ1v) is 15.2. The molecule has 1 aliphatic heterocycles. The minimum Gasteiger partial charge on any atom is -0.444 e. The lowest BCUT2D eigenvalue weighted by Crippen LogP contribution is -2.43. The summed E-state index contributed by atoms with van der Waals surface area (Å²) in [5.41, 5.74) is 1.16. The minimum absolute atomic E-state index is 0.0329. The summed E-state index contributed by atoms with van der Waals surface area (Å²) in [5.74, 6) is 0.0528. The fourth-order valence-corrected chi connectivity index (χ4v) is 6.22. The first-order valence-electron chi connectivity index (χ1n) is 13.7. The lowest BCUT2D eigenvalue weighted by molar-refractivity contribution is -0.117. The average Bonchev–Trinajstić information content (AvgIpc) is 3.73. The molecule has 0 bridgehead atoms. The van der Waals surface area contributed by atoms with Crippen molar-refractivity contribution in [2.75, 3.05) is 25.0 Å². The number of ether oxygens (including phenoxy) is 1. The van der Waals surface area contributed by atoms with Gasteiger partial charge in [0.15, 0.2) is 0 Å². The zero-order valence-electron chi connectivity index (χ0n) is 23.1. The zero-order valence-corrected chi connectivity index (χ0v) is 23.9. The Morgan fingerprint density at radius 2 is 1.75 bits per heavy atom. The summed E-state index contributed by atoms with van der Waals surface area (Å²) in [5, 5.41) is 5.03. The van der Waals surface area contributed by atoms with Gasteiger partial charge in [0.25, 0.3) is 0 Å². The first-order chi connectivity index (χ1) is 19.0. The quantitative estimate of drug-likeness (QED) is 0.421. The minimum atomic E-state index is -3.66. The van der Waals surface area contributed by atoms with E-state index in [0.29, 0.717) is 32.5 Å². The third kappa shape index (κ3) is 6.79. The lowest BCUT2D eigenvalue weighted by Gasteiger charge is -2.33. The van der Waals surface area contributed by atoms with Crippen molar-refractivity contribution in [3.63, 3.8) is 0 Å². The van der Waals surface area contributed by atoms with Crippen LogP contribution in [0.5, 0.6) is 0 Å². The Morgan fingerprint density at radius 3 is 2.45 bits per heavy atom. The Hall–Kier alpha value is -3.50. The highest BCUT2D eigenvalue weighted by molar-refractivity contribution is 7.89. The van der Waals surface area contributed by atoms with Gasteiger partial charge >= 0.3 is 6.09 Å². The maximum atomic E-state index is 12.9. The van der Waals surface area contributed by atoms with Gasteiger partial charge in [-0.25, -0.2) is 17.9 Å². The molecule has 2 aromatic carbocycles. The number of sulfonamides is 1. The Balaban J connectivity index is 1.10. The van der Waals surface area contributed by atoms with Crippen molar-refractivity contribution in [2.45, 2.75) is 56.4 Å². The van der Waals surface area contributed by atoms with E-state index in [2.05, 4.69) is 15.0 Å².